The molecule has 5 nitrogen and oxygen atoms in total. The van der Waals surface area contributed by atoms with Gasteiger partial charge in [0.15, 0.2) is 9.84 Å². The Bertz CT molecular complexity index is 571. The van der Waals surface area contributed by atoms with Crippen LogP contribution in [-0.4, -0.2) is 33.5 Å². The van der Waals surface area contributed by atoms with Crippen molar-refractivity contribution in [1.29, 1.82) is 0 Å². The molecule has 0 bridgehead atoms. The molecular formula is C14H21NO4S. The van der Waals surface area contributed by atoms with Crippen LogP contribution in [0.15, 0.2) is 18.2 Å². The van der Waals surface area contributed by atoms with Crippen molar-refractivity contribution in [2.24, 2.45) is 5.73 Å². The Hall–Kier alpha value is -1.11. The van der Waals surface area contributed by atoms with E-state index in [1.807, 2.05) is 13.0 Å². The van der Waals surface area contributed by atoms with Crippen molar-refractivity contribution in [1.82, 2.24) is 0 Å². The molecule has 1 aliphatic rings. The topological polar surface area (TPSA) is 78.6 Å². The third-order valence-corrected chi connectivity index (χ3v) is 5.96. The molecule has 6 heteroatoms. The van der Waals surface area contributed by atoms with Gasteiger partial charge in [-0.1, -0.05) is 6.07 Å². The summed E-state index contributed by atoms with van der Waals surface area (Å²) in [6, 6.07) is 5.41. The van der Waals surface area contributed by atoms with Gasteiger partial charge in [0, 0.05) is 18.7 Å². The highest BCUT2D eigenvalue weighted by atomic mass is 32.2. The molecule has 1 aromatic rings. The van der Waals surface area contributed by atoms with Crippen LogP contribution in [0.25, 0.3) is 0 Å². The lowest BCUT2D eigenvalue weighted by Crippen LogP contribution is -2.29. The summed E-state index contributed by atoms with van der Waals surface area (Å²) in [6.07, 6.45) is 0.311. The molecule has 112 valence electrons. The highest BCUT2D eigenvalue weighted by molar-refractivity contribution is 7.91. The number of nitrogens with two attached hydrogens (primary N) is 1. The molecule has 0 saturated carbocycles. The average molecular weight is 299 g/mol. The predicted octanol–water partition coefficient (Wildman–Crippen LogP) is 1.25. The van der Waals surface area contributed by atoms with E-state index >= 15 is 0 Å². The van der Waals surface area contributed by atoms with Crippen LogP contribution in [0.4, 0.5) is 0 Å². The summed E-state index contributed by atoms with van der Waals surface area (Å²) < 4.78 is 35.6. The summed E-state index contributed by atoms with van der Waals surface area (Å²) >= 11 is 0. The minimum absolute atomic E-state index is 0.0393. The van der Waals surface area contributed by atoms with E-state index in [0.717, 1.165) is 5.56 Å². The van der Waals surface area contributed by atoms with Crippen LogP contribution >= 0.6 is 0 Å². The zero-order chi connectivity index (χ0) is 14.8. The van der Waals surface area contributed by atoms with Crippen molar-refractivity contribution in [3.8, 4) is 5.75 Å². The lowest BCUT2D eigenvalue weighted by molar-refractivity contribution is 0.126. The molecule has 20 heavy (non-hydrogen) atoms. The summed E-state index contributed by atoms with van der Waals surface area (Å²) in [5.41, 5.74) is 7.16. The minimum atomic E-state index is -3.27. The van der Waals surface area contributed by atoms with Gasteiger partial charge >= 0.3 is 0 Å². The Morgan fingerprint density at radius 2 is 2.20 bits per heavy atom. The number of benzene rings is 1. The maximum atomic E-state index is 12.5. The van der Waals surface area contributed by atoms with Crippen LogP contribution in [0.3, 0.4) is 0 Å². The fourth-order valence-electron chi connectivity index (χ4n) is 2.58. The smallest absolute Gasteiger partial charge is 0.160 e. The van der Waals surface area contributed by atoms with Gasteiger partial charge in [0.05, 0.1) is 24.2 Å². The van der Waals surface area contributed by atoms with Crippen LogP contribution in [0.1, 0.15) is 24.5 Å². The molecule has 2 atom stereocenters. The molecule has 0 radical (unpaired) electrons. The van der Waals surface area contributed by atoms with Gasteiger partial charge in [0.25, 0.3) is 0 Å². The molecule has 2 unspecified atom stereocenters. The molecule has 0 aliphatic carbocycles. The second-order valence-electron chi connectivity index (χ2n) is 5.06. The fourth-order valence-corrected chi connectivity index (χ4v) is 4.57. The Morgan fingerprint density at radius 3 is 2.75 bits per heavy atom. The maximum Gasteiger partial charge on any atom is 0.160 e. The molecule has 1 aliphatic heterocycles. The SMILES string of the molecule is COc1ccc(CN)cc1CS(=O)(=O)C1CCOC1C. The van der Waals surface area contributed by atoms with Crippen LogP contribution in [0.2, 0.25) is 0 Å². The summed E-state index contributed by atoms with van der Waals surface area (Å²) in [5, 5.41) is -0.436. The van der Waals surface area contributed by atoms with Gasteiger partial charge in [0.2, 0.25) is 0 Å². The zero-order valence-electron chi connectivity index (χ0n) is 11.8. The molecule has 1 saturated heterocycles. The van der Waals surface area contributed by atoms with E-state index in [2.05, 4.69) is 0 Å². The van der Waals surface area contributed by atoms with Crippen LogP contribution in [0.5, 0.6) is 5.75 Å². The Morgan fingerprint density at radius 1 is 1.45 bits per heavy atom. The van der Waals surface area contributed by atoms with E-state index in [9.17, 15) is 8.42 Å². The van der Waals surface area contributed by atoms with E-state index < -0.39 is 15.1 Å². The monoisotopic (exact) mass is 299 g/mol. The van der Waals surface area contributed by atoms with Crippen LogP contribution in [0, 0.1) is 0 Å². The van der Waals surface area contributed by atoms with Gasteiger partial charge in [-0.2, -0.15) is 0 Å². The molecular weight excluding hydrogens is 278 g/mol. The van der Waals surface area contributed by atoms with Crippen LogP contribution in [-0.2, 0) is 26.9 Å². The number of sulfone groups is 1. The molecule has 0 spiro atoms. The highest BCUT2D eigenvalue weighted by Gasteiger charge is 2.36. The predicted molar refractivity (Wildman–Crippen MR) is 77.3 cm³/mol. The van der Waals surface area contributed by atoms with Crippen LogP contribution < -0.4 is 10.5 Å². The minimum Gasteiger partial charge on any atom is -0.496 e. The van der Waals surface area contributed by atoms with Gasteiger partial charge in [0.1, 0.15) is 5.75 Å². The van der Waals surface area contributed by atoms with Gasteiger partial charge in [-0.15, -0.1) is 0 Å². The summed E-state index contributed by atoms with van der Waals surface area (Å²) in [7, 11) is -1.73. The zero-order valence-corrected chi connectivity index (χ0v) is 12.7. The molecule has 1 fully saturated rings. The van der Waals surface area contributed by atoms with Crippen molar-refractivity contribution in [3.05, 3.63) is 29.3 Å². The van der Waals surface area contributed by atoms with Gasteiger partial charge in [-0.3, -0.25) is 0 Å². The molecule has 1 aromatic carbocycles. The average Bonchev–Trinajstić information content (AvgIpc) is 2.85. The fraction of sp³-hybridized carbons (Fsp3) is 0.571. The number of rotatable bonds is 5. The van der Waals surface area contributed by atoms with E-state index in [-0.39, 0.29) is 11.9 Å². The normalized spacial score (nSPS) is 22.9. The Balaban J connectivity index is 2.28. The molecule has 0 aromatic heterocycles. The first-order valence-electron chi connectivity index (χ1n) is 6.67. The molecule has 0 amide bonds. The third-order valence-electron chi connectivity index (χ3n) is 3.71. The summed E-state index contributed by atoms with van der Waals surface area (Å²) in [4.78, 5) is 0. The number of hydrogen-bond donors (Lipinski definition) is 1. The summed E-state index contributed by atoms with van der Waals surface area (Å²) in [5.74, 6) is 0.542. The maximum absolute atomic E-state index is 12.5. The summed E-state index contributed by atoms with van der Waals surface area (Å²) in [6.45, 7) is 2.69. The van der Waals surface area contributed by atoms with Gasteiger partial charge in [-0.05, 0) is 31.0 Å². The third kappa shape index (κ3) is 3.13. The van der Waals surface area contributed by atoms with E-state index in [1.165, 1.54) is 7.11 Å². The number of ether oxygens (including phenoxy) is 2. The second-order valence-corrected chi connectivity index (χ2v) is 7.28. The van der Waals surface area contributed by atoms with Crippen molar-refractivity contribution in [3.63, 3.8) is 0 Å². The standard InChI is InChI=1S/C14H21NO4S/c1-10-14(5-6-19-10)20(16,17)9-12-7-11(8-15)3-4-13(12)18-2/h3-4,7,10,14H,5-6,8-9,15H2,1-2H3. The van der Waals surface area contributed by atoms with Gasteiger partial charge < -0.3 is 15.2 Å². The number of hydrogen-bond acceptors (Lipinski definition) is 5. The number of methoxy groups -OCH3 is 1. The highest BCUT2D eigenvalue weighted by Crippen LogP contribution is 2.28. The van der Waals surface area contributed by atoms with Crippen molar-refractivity contribution in [2.45, 2.75) is 37.0 Å². The van der Waals surface area contributed by atoms with Crippen molar-refractivity contribution in [2.75, 3.05) is 13.7 Å². The second kappa shape index (κ2) is 6.11. The lowest BCUT2D eigenvalue weighted by Gasteiger charge is -2.17. The van der Waals surface area contributed by atoms with Gasteiger partial charge in [-0.25, -0.2) is 8.42 Å². The first-order valence-corrected chi connectivity index (χ1v) is 8.38. The first kappa shape index (κ1) is 15.3. The van der Waals surface area contributed by atoms with E-state index in [0.29, 0.717) is 30.9 Å². The first-order chi connectivity index (χ1) is 9.47. The molecule has 1 heterocycles. The van der Waals surface area contributed by atoms with Crippen molar-refractivity contribution < 1.29 is 17.9 Å². The lowest BCUT2D eigenvalue weighted by atomic mass is 10.1. The Kier molecular flexibility index (Phi) is 4.67. The molecule has 2 rings (SSSR count). The quantitative estimate of drug-likeness (QED) is 0.885. The molecule has 2 N–H and O–H groups in total. The Labute approximate surface area is 120 Å². The van der Waals surface area contributed by atoms with E-state index in [4.69, 9.17) is 15.2 Å². The van der Waals surface area contributed by atoms with E-state index in [1.54, 1.807) is 12.1 Å². The largest absolute Gasteiger partial charge is 0.496 e. The van der Waals surface area contributed by atoms with Crippen molar-refractivity contribution >= 4 is 9.84 Å².